The minimum absolute atomic E-state index is 0.152. The maximum Gasteiger partial charge on any atom is 0.292 e. The third-order valence-electron chi connectivity index (χ3n) is 4.32. The van der Waals surface area contributed by atoms with Gasteiger partial charge in [-0.15, -0.1) is 0 Å². The van der Waals surface area contributed by atoms with E-state index in [9.17, 15) is 13.2 Å². The number of likely N-dealkylation sites (tertiary alicyclic amines) is 1. The Hall–Kier alpha value is -1.45. The van der Waals surface area contributed by atoms with Crippen molar-refractivity contribution in [2.45, 2.75) is 37.8 Å². The maximum atomic E-state index is 12.4. The number of carbonyl (C=O) groups is 1. The van der Waals surface area contributed by atoms with E-state index >= 15 is 0 Å². The number of rotatable bonds is 3. The Kier molecular flexibility index (Phi) is 4.19. The molecule has 3 heterocycles. The molecule has 1 aromatic rings. The van der Waals surface area contributed by atoms with Crippen molar-refractivity contribution in [2.24, 2.45) is 0 Å². The van der Waals surface area contributed by atoms with Gasteiger partial charge >= 0.3 is 0 Å². The number of aryl methyl sites for hydroxylation is 1. The Morgan fingerprint density at radius 3 is 2.96 bits per heavy atom. The second-order valence-electron chi connectivity index (χ2n) is 6.42. The van der Waals surface area contributed by atoms with Crippen LogP contribution in [0.1, 0.15) is 35.5 Å². The molecule has 23 heavy (non-hydrogen) atoms. The average molecular weight is 343 g/mol. The Bertz CT molecular complexity index is 701. The first-order valence-electron chi connectivity index (χ1n) is 7.60. The van der Waals surface area contributed by atoms with Crippen LogP contribution in [0.3, 0.4) is 0 Å². The molecule has 2 atom stereocenters. The number of nitrogens with one attached hydrogen (secondary N) is 1. The summed E-state index contributed by atoms with van der Waals surface area (Å²) < 4.78 is 36.4. The number of ether oxygens (including phenoxy) is 1. The van der Waals surface area contributed by atoms with Crippen molar-refractivity contribution < 1.29 is 22.5 Å². The number of nitrogens with zero attached hydrogens (tertiary/aromatic N) is 2. The molecule has 0 radical (unpaired) electrons. The highest BCUT2D eigenvalue weighted by Gasteiger charge is 2.45. The highest BCUT2D eigenvalue weighted by molar-refractivity contribution is 7.88. The maximum absolute atomic E-state index is 12.4. The summed E-state index contributed by atoms with van der Waals surface area (Å²) in [6.45, 7) is 3.24. The molecule has 0 bridgehead atoms. The molecule has 2 fully saturated rings. The number of amides is 1. The molecule has 0 saturated carbocycles. The summed E-state index contributed by atoms with van der Waals surface area (Å²) in [6, 6.07) is 1.46. The van der Waals surface area contributed by atoms with Crippen LogP contribution in [0.5, 0.6) is 0 Å². The Balaban J connectivity index is 1.67. The smallest absolute Gasteiger partial charge is 0.292 e. The lowest BCUT2D eigenvalue weighted by Gasteiger charge is -2.38. The molecule has 3 rings (SSSR count). The van der Waals surface area contributed by atoms with E-state index in [1.54, 1.807) is 17.9 Å². The van der Waals surface area contributed by atoms with Gasteiger partial charge in [-0.3, -0.25) is 4.79 Å². The van der Waals surface area contributed by atoms with Crippen molar-refractivity contribution >= 4 is 15.9 Å². The predicted octanol–water partition coefficient (Wildman–Crippen LogP) is 0.296. The van der Waals surface area contributed by atoms with Gasteiger partial charge in [-0.1, -0.05) is 5.16 Å². The second-order valence-corrected chi connectivity index (χ2v) is 8.20. The van der Waals surface area contributed by atoms with Crippen LogP contribution in [-0.2, 0) is 14.8 Å². The fourth-order valence-corrected chi connectivity index (χ4v) is 4.16. The van der Waals surface area contributed by atoms with Crippen molar-refractivity contribution in [3.63, 3.8) is 0 Å². The van der Waals surface area contributed by atoms with E-state index in [0.717, 1.165) is 6.26 Å². The first-order valence-corrected chi connectivity index (χ1v) is 9.49. The van der Waals surface area contributed by atoms with E-state index in [2.05, 4.69) is 9.88 Å². The van der Waals surface area contributed by atoms with E-state index in [4.69, 9.17) is 9.26 Å². The van der Waals surface area contributed by atoms with Crippen LogP contribution >= 0.6 is 0 Å². The standard InChI is InChI=1S/C14H21N3O5S/c1-10-7-12(22-15-10)13(18)17-5-4-14(9-17)8-11(3-6-21-14)16-23(2,19)20/h7,11,16H,3-6,8-9H2,1-2H3/t11-,14-/m1/s1. The normalized spacial score (nSPS) is 28.4. The summed E-state index contributed by atoms with van der Waals surface area (Å²) in [6.07, 6.45) is 3.06. The van der Waals surface area contributed by atoms with Crippen LogP contribution < -0.4 is 4.72 Å². The molecule has 2 aliphatic heterocycles. The van der Waals surface area contributed by atoms with E-state index in [-0.39, 0.29) is 17.7 Å². The van der Waals surface area contributed by atoms with Crippen molar-refractivity contribution in [1.29, 1.82) is 0 Å². The molecular weight excluding hydrogens is 322 g/mol. The van der Waals surface area contributed by atoms with Crippen LogP contribution in [-0.4, -0.2) is 62.0 Å². The summed E-state index contributed by atoms with van der Waals surface area (Å²) >= 11 is 0. The highest BCUT2D eigenvalue weighted by atomic mass is 32.2. The van der Waals surface area contributed by atoms with Crippen molar-refractivity contribution in [3.05, 3.63) is 17.5 Å². The zero-order chi connectivity index (χ0) is 16.7. The Labute approximate surface area is 135 Å². The Morgan fingerprint density at radius 1 is 1.52 bits per heavy atom. The van der Waals surface area contributed by atoms with Crippen LogP contribution in [0, 0.1) is 6.92 Å². The molecule has 1 aromatic heterocycles. The highest BCUT2D eigenvalue weighted by Crippen LogP contribution is 2.35. The molecule has 128 valence electrons. The lowest BCUT2D eigenvalue weighted by Crippen LogP contribution is -2.50. The largest absolute Gasteiger partial charge is 0.373 e. The second kappa shape index (κ2) is 5.88. The third-order valence-corrected chi connectivity index (χ3v) is 5.08. The van der Waals surface area contributed by atoms with Gasteiger partial charge in [0, 0.05) is 25.3 Å². The van der Waals surface area contributed by atoms with Crippen molar-refractivity contribution in [3.8, 4) is 0 Å². The first kappa shape index (κ1) is 16.4. The lowest BCUT2D eigenvalue weighted by atomic mass is 9.90. The molecule has 0 aliphatic carbocycles. The van der Waals surface area contributed by atoms with Gasteiger partial charge in [0.1, 0.15) is 0 Å². The van der Waals surface area contributed by atoms with E-state index in [1.165, 1.54) is 0 Å². The minimum Gasteiger partial charge on any atom is -0.373 e. The van der Waals surface area contributed by atoms with Gasteiger partial charge in [0.25, 0.3) is 5.91 Å². The monoisotopic (exact) mass is 343 g/mol. The van der Waals surface area contributed by atoms with Crippen LogP contribution in [0.15, 0.2) is 10.6 Å². The summed E-state index contributed by atoms with van der Waals surface area (Å²) in [5, 5.41) is 3.74. The number of hydrogen-bond acceptors (Lipinski definition) is 6. The van der Waals surface area contributed by atoms with Gasteiger partial charge in [0.2, 0.25) is 15.8 Å². The molecule has 2 aliphatic rings. The summed E-state index contributed by atoms with van der Waals surface area (Å²) in [7, 11) is -3.25. The van der Waals surface area contributed by atoms with Crippen LogP contribution in [0.25, 0.3) is 0 Å². The predicted molar refractivity (Wildman–Crippen MR) is 81.4 cm³/mol. The number of sulfonamides is 1. The molecule has 8 nitrogen and oxygen atoms in total. The fraction of sp³-hybridized carbons (Fsp3) is 0.714. The van der Waals surface area contributed by atoms with E-state index in [1.807, 2.05) is 0 Å². The average Bonchev–Trinajstić information content (AvgIpc) is 3.04. The van der Waals surface area contributed by atoms with Gasteiger partial charge in [0.05, 0.1) is 24.1 Å². The van der Waals surface area contributed by atoms with Crippen molar-refractivity contribution in [2.75, 3.05) is 26.0 Å². The zero-order valence-corrected chi connectivity index (χ0v) is 14.1. The first-order chi connectivity index (χ1) is 10.8. The zero-order valence-electron chi connectivity index (χ0n) is 13.2. The van der Waals surface area contributed by atoms with Crippen LogP contribution in [0.4, 0.5) is 0 Å². The minimum atomic E-state index is -3.25. The fourth-order valence-electron chi connectivity index (χ4n) is 3.35. The molecule has 1 amide bonds. The summed E-state index contributed by atoms with van der Waals surface area (Å²) in [5.74, 6) is 0.0189. The van der Waals surface area contributed by atoms with Crippen molar-refractivity contribution in [1.82, 2.24) is 14.8 Å². The quantitative estimate of drug-likeness (QED) is 0.847. The molecule has 0 unspecified atom stereocenters. The number of carbonyl (C=O) groups excluding carboxylic acids is 1. The van der Waals surface area contributed by atoms with Gasteiger partial charge in [-0.25, -0.2) is 13.1 Å². The van der Waals surface area contributed by atoms with Gasteiger partial charge in [0.15, 0.2) is 0 Å². The van der Waals surface area contributed by atoms with E-state index in [0.29, 0.717) is 44.7 Å². The van der Waals surface area contributed by atoms with Gasteiger partial charge in [-0.05, 0) is 26.2 Å². The third kappa shape index (κ3) is 3.73. The van der Waals surface area contributed by atoms with Crippen LogP contribution in [0.2, 0.25) is 0 Å². The molecule has 1 spiro atoms. The molecule has 0 aromatic carbocycles. The summed E-state index contributed by atoms with van der Waals surface area (Å²) in [5.41, 5.74) is 0.180. The SMILES string of the molecule is Cc1cc(C(=O)N2CC[C@@]3(C[C@H](NS(C)(=O)=O)CCO3)C2)on1. The van der Waals surface area contributed by atoms with Gasteiger partial charge < -0.3 is 14.2 Å². The molecule has 9 heteroatoms. The number of hydrogen-bond donors (Lipinski definition) is 1. The lowest BCUT2D eigenvalue weighted by molar-refractivity contribution is -0.0763. The molecule has 2 saturated heterocycles. The molecule has 1 N–H and O–H groups in total. The van der Waals surface area contributed by atoms with E-state index < -0.39 is 15.6 Å². The Morgan fingerprint density at radius 2 is 2.30 bits per heavy atom. The number of aromatic nitrogens is 1. The molecular formula is C14H21N3O5S. The van der Waals surface area contributed by atoms with Gasteiger partial charge in [-0.2, -0.15) is 0 Å². The summed E-state index contributed by atoms with van der Waals surface area (Å²) in [4.78, 5) is 14.1. The topological polar surface area (TPSA) is 102 Å².